The van der Waals surface area contributed by atoms with Crippen LogP contribution in [0, 0.1) is 0 Å². The van der Waals surface area contributed by atoms with E-state index in [0.29, 0.717) is 29.3 Å². The van der Waals surface area contributed by atoms with E-state index in [9.17, 15) is 9.59 Å². The standard InChI is InChI=1S/C20H20ClN7O2S/c21-14-5-3-13(4-6-14)7-8-22-15(29)11-28-20(30)27-12-23-17-16(18(27)25-28)31-19(24-17)26-9-1-2-10-26/h3-6,12H,1-2,7-11H2,(H,22,29). The van der Waals surface area contributed by atoms with Crippen LogP contribution in [0.5, 0.6) is 0 Å². The molecule has 0 saturated carbocycles. The maximum Gasteiger partial charge on any atom is 0.352 e. The van der Waals surface area contributed by atoms with Gasteiger partial charge in [-0.2, -0.15) is 4.98 Å². The van der Waals surface area contributed by atoms with Gasteiger partial charge in [0.05, 0.1) is 0 Å². The average Bonchev–Trinajstić information content (AvgIpc) is 3.49. The summed E-state index contributed by atoms with van der Waals surface area (Å²) in [5.41, 5.74) is 1.73. The molecule has 1 aromatic carbocycles. The van der Waals surface area contributed by atoms with Crippen LogP contribution in [0.1, 0.15) is 18.4 Å². The molecule has 1 aliphatic heterocycles. The summed E-state index contributed by atoms with van der Waals surface area (Å²) in [6, 6.07) is 7.48. The minimum Gasteiger partial charge on any atom is -0.354 e. The Morgan fingerprint density at radius 1 is 1.19 bits per heavy atom. The second-order valence-electron chi connectivity index (χ2n) is 7.45. The molecule has 0 bridgehead atoms. The summed E-state index contributed by atoms with van der Waals surface area (Å²) in [5.74, 6) is -0.272. The SMILES string of the molecule is O=C(Cn1nc2c3sc(N4CCCC4)nc3ncn2c1=O)NCCc1ccc(Cl)cc1. The second kappa shape index (κ2) is 8.27. The number of halogens is 1. The molecule has 1 fully saturated rings. The Morgan fingerprint density at radius 3 is 2.74 bits per heavy atom. The van der Waals surface area contributed by atoms with Crippen molar-refractivity contribution in [2.45, 2.75) is 25.8 Å². The molecule has 1 saturated heterocycles. The van der Waals surface area contributed by atoms with E-state index >= 15 is 0 Å². The zero-order valence-corrected chi connectivity index (χ0v) is 18.2. The number of nitrogens with one attached hydrogen (secondary N) is 1. The number of carbonyl (C=O) groups excluding carboxylic acids is 1. The Labute approximate surface area is 186 Å². The average molecular weight is 458 g/mol. The van der Waals surface area contributed by atoms with Crippen LogP contribution < -0.4 is 15.9 Å². The number of hydrogen-bond acceptors (Lipinski definition) is 7. The molecule has 31 heavy (non-hydrogen) atoms. The van der Waals surface area contributed by atoms with Gasteiger partial charge in [-0.05, 0) is 37.0 Å². The van der Waals surface area contributed by atoms with Crippen LogP contribution in [0.4, 0.5) is 5.13 Å². The number of benzene rings is 1. The maximum atomic E-state index is 12.7. The molecule has 0 radical (unpaired) electrons. The fourth-order valence-electron chi connectivity index (χ4n) is 3.66. The fourth-order valence-corrected chi connectivity index (χ4v) is 4.83. The molecule has 1 amide bonds. The normalized spacial score (nSPS) is 14.0. The topological polar surface area (TPSA) is 97.4 Å². The molecule has 0 aliphatic carbocycles. The summed E-state index contributed by atoms with van der Waals surface area (Å²) >= 11 is 7.37. The lowest BCUT2D eigenvalue weighted by molar-refractivity contribution is -0.121. The van der Waals surface area contributed by atoms with E-state index in [1.807, 2.05) is 24.3 Å². The first-order valence-corrected chi connectivity index (χ1v) is 11.3. The van der Waals surface area contributed by atoms with Gasteiger partial charge in [-0.3, -0.25) is 4.79 Å². The number of carbonyl (C=O) groups is 1. The number of thiazole rings is 1. The molecule has 0 unspecified atom stereocenters. The van der Waals surface area contributed by atoms with Crippen molar-refractivity contribution in [2.24, 2.45) is 0 Å². The van der Waals surface area contributed by atoms with Crippen LogP contribution in [-0.4, -0.2) is 49.7 Å². The van der Waals surface area contributed by atoms with E-state index in [0.717, 1.165) is 41.3 Å². The zero-order chi connectivity index (χ0) is 21.4. The predicted molar refractivity (Wildman–Crippen MR) is 120 cm³/mol. The minimum absolute atomic E-state index is 0.152. The van der Waals surface area contributed by atoms with Crippen molar-refractivity contribution in [3.63, 3.8) is 0 Å². The Hall–Kier alpha value is -2.98. The number of amides is 1. The molecule has 4 aromatic rings. The molecule has 9 nitrogen and oxygen atoms in total. The molecule has 3 aromatic heterocycles. The van der Waals surface area contributed by atoms with E-state index in [2.05, 4.69) is 25.3 Å². The summed E-state index contributed by atoms with van der Waals surface area (Å²) in [6.07, 6.45) is 4.41. The van der Waals surface area contributed by atoms with E-state index in [-0.39, 0.29) is 12.5 Å². The first-order valence-electron chi connectivity index (χ1n) is 10.1. The van der Waals surface area contributed by atoms with Gasteiger partial charge < -0.3 is 10.2 Å². The largest absolute Gasteiger partial charge is 0.354 e. The third kappa shape index (κ3) is 4.00. The number of rotatable bonds is 6. The highest BCUT2D eigenvalue weighted by Crippen LogP contribution is 2.31. The lowest BCUT2D eigenvalue weighted by Crippen LogP contribution is -2.33. The van der Waals surface area contributed by atoms with Crippen molar-refractivity contribution in [1.29, 1.82) is 0 Å². The summed E-state index contributed by atoms with van der Waals surface area (Å²) in [4.78, 5) is 36.2. The van der Waals surface area contributed by atoms with Crippen molar-refractivity contribution >= 4 is 50.0 Å². The monoisotopic (exact) mass is 457 g/mol. The first-order chi connectivity index (χ1) is 15.1. The van der Waals surface area contributed by atoms with Crippen molar-refractivity contribution in [3.8, 4) is 0 Å². The van der Waals surface area contributed by atoms with Gasteiger partial charge in [-0.15, -0.1) is 5.10 Å². The van der Waals surface area contributed by atoms with Crippen LogP contribution in [0.2, 0.25) is 5.02 Å². The number of anilines is 1. The third-order valence-corrected chi connectivity index (χ3v) is 6.64. The van der Waals surface area contributed by atoms with Crippen LogP contribution in [0.15, 0.2) is 35.4 Å². The number of fused-ring (bicyclic) bond motifs is 3. The molecule has 1 N–H and O–H groups in total. The van der Waals surface area contributed by atoms with Gasteiger partial charge in [-0.1, -0.05) is 35.1 Å². The summed E-state index contributed by atoms with van der Waals surface area (Å²) < 4.78 is 3.29. The molecule has 0 spiro atoms. The molecular weight excluding hydrogens is 438 g/mol. The highest BCUT2D eigenvalue weighted by molar-refractivity contribution is 7.22. The van der Waals surface area contributed by atoms with Crippen molar-refractivity contribution in [1.82, 2.24) is 29.5 Å². The molecular formula is C20H20ClN7O2S. The van der Waals surface area contributed by atoms with E-state index < -0.39 is 5.69 Å². The smallest absolute Gasteiger partial charge is 0.352 e. The second-order valence-corrected chi connectivity index (χ2v) is 8.86. The van der Waals surface area contributed by atoms with Gasteiger partial charge in [0.15, 0.2) is 16.4 Å². The molecule has 160 valence electrons. The lowest BCUT2D eigenvalue weighted by Gasteiger charge is -2.11. The minimum atomic E-state index is -0.395. The van der Waals surface area contributed by atoms with Crippen molar-refractivity contribution < 1.29 is 4.79 Å². The zero-order valence-electron chi connectivity index (χ0n) is 16.6. The van der Waals surface area contributed by atoms with E-state index in [4.69, 9.17) is 11.6 Å². The van der Waals surface area contributed by atoms with Crippen molar-refractivity contribution in [3.05, 3.63) is 51.7 Å². The lowest BCUT2D eigenvalue weighted by atomic mass is 10.1. The Bertz CT molecular complexity index is 1310. The first kappa shape index (κ1) is 20.0. The highest BCUT2D eigenvalue weighted by atomic mass is 35.5. The maximum absolute atomic E-state index is 12.7. The van der Waals surface area contributed by atoms with Gasteiger partial charge in [0, 0.05) is 24.7 Å². The van der Waals surface area contributed by atoms with Crippen LogP contribution in [0.3, 0.4) is 0 Å². The predicted octanol–water partition coefficient (Wildman–Crippen LogP) is 2.11. The fraction of sp³-hybridized carbons (Fsp3) is 0.350. The summed E-state index contributed by atoms with van der Waals surface area (Å²) in [7, 11) is 0. The quantitative estimate of drug-likeness (QED) is 0.476. The molecule has 11 heteroatoms. The van der Waals surface area contributed by atoms with Crippen LogP contribution >= 0.6 is 22.9 Å². The van der Waals surface area contributed by atoms with Crippen LogP contribution in [0.25, 0.3) is 16.0 Å². The molecule has 1 aliphatic rings. The van der Waals surface area contributed by atoms with E-state index in [1.165, 1.54) is 26.7 Å². The van der Waals surface area contributed by atoms with Gasteiger partial charge in [0.25, 0.3) is 0 Å². The molecule has 4 heterocycles. The molecule has 0 atom stereocenters. The Morgan fingerprint density at radius 2 is 1.97 bits per heavy atom. The molecule has 5 rings (SSSR count). The summed E-state index contributed by atoms with van der Waals surface area (Å²) in [6.45, 7) is 2.27. The van der Waals surface area contributed by atoms with Gasteiger partial charge >= 0.3 is 5.69 Å². The number of nitrogens with zero attached hydrogens (tertiary/aromatic N) is 6. The Balaban J connectivity index is 1.31. The van der Waals surface area contributed by atoms with Gasteiger partial charge in [0.2, 0.25) is 5.91 Å². The van der Waals surface area contributed by atoms with Gasteiger partial charge in [-0.25, -0.2) is 18.9 Å². The number of aromatic nitrogens is 5. The van der Waals surface area contributed by atoms with Gasteiger partial charge in [0.1, 0.15) is 17.6 Å². The third-order valence-electron chi connectivity index (χ3n) is 5.29. The highest BCUT2D eigenvalue weighted by Gasteiger charge is 2.20. The van der Waals surface area contributed by atoms with Crippen LogP contribution in [-0.2, 0) is 17.8 Å². The Kier molecular flexibility index (Phi) is 5.33. The number of hydrogen-bond donors (Lipinski definition) is 1. The van der Waals surface area contributed by atoms with Crippen molar-refractivity contribution in [2.75, 3.05) is 24.5 Å². The van der Waals surface area contributed by atoms with E-state index in [1.54, 1.807) is 0 Å². The summed E-state index contributed by atoms with van der Waals surface area (Å²) in [5, 5.41) is 8.81.